The molecule has 0 N–H and O–H groups in total. The summed E-state index contributed by atoms with van der Waals surface area (Å²) in [6.07, 6.45) is 4.89. The highest BCUT2D eigenvalue weighted by molar-refractivity contribution is 9.11. The van der Waals surface area contributed by atoms with E-state index in [0.29, 0.717) is 13.2 Å². The second kappa shape index (κ2) is 8.23. The zero-order valence-electron chi connectivity index (χ0n) is 7.83. The lowest BCUT2D eigenvalue weighted by atomic mass is 10.5. The third-order valence-corrected chi connectivity index (χ3v) is 2.06. The SMILES string of the molecule is C=CCOC(OCC=C)/C(Br)=C/C. The Bertz CT molecular complexity index is 175. The van der Waals surface area contributed by atoms with Gasteiger partial charge in [-0.05, 0) is 6.92 Å². The lowest BCUT2D eigenvalue weighted by molar-refractivity contribution is -0.0955. The quantitative estimate of drug-likeness (QED) is 0.508. The van der Waals surface area contributed by atoms with Crippen molar-refractivity contribution in [1.82, 2.24) is 0 Å². The van der Waals surface area contributed by atoms with Gasteiger partial charge in [0.05, 0.1) is 13.2 Å². The normalized spacial score (nSPS) is 11.8. The van der Waals surface area contributed by atoms with Gasteiger partial charge in [-0.1, -0.05) is 34.2 Å². The van der Waals surface area contributed by atoms with Gasteiger partial charge < -0.3 is 9.47 Å². The van der Waals surface area contributed by atoms with Crippen molar-refractivity contribution in [2.75, 3.05) is 13.2 Å². The molecule has 0 fully saturated rings. The molecule has 0 heterocycles. The largest absolute Gasteiger partial charge is 0.344 e. The Kier molecular flexibility index (Phi) is 7.99. The first-order valence-corrected chi connectivity index (χ1v) is 4.82. The summed E-state index contributed by atoms with van der Waals surface area (Å²) in [7, 11) is 0. The summed E-state index contributed by atoms with van der Waals surface area (Å²) in [5.41, 5.74) is 0. The van der Waals surface area contributed by atoms with Crippen LogP contribution in [-0.2, 0) is 9.47 Å². The molecular weight excluding hydrogens is 232 g/mol. The Balaban J connectivity index is 4.01. The van der Waals surface area contributed by atoms with Crippen molar-refractivity contribution in [1.29, 1.82) is 0 Å². The Morgan fingerprint density at radius 2 is 1.77 bits per heavy atom. The Labute approximate surface area is 88.0 Å². The minimum Gasteiger partial charge on any atom is -0.344 e. The molecule has 74 valence electrons. The van der Waals surface area contributed by atoms with Crippen LogP contribution in [0.1, 0.15) is 6.92 Å². The molecule has 0 rings (SSSR count). The summed E-state index contributed by atoms with van der Waals surface area (Å²) < 4.78 is 11.6. The van der Waals surface area contributed by atoms with Crippen molar-refractivity contribution < 1.29 is 9.47 Å². The van der Waals surface area contributed by atoms with Crippen LogP contribution in [0.3, 0.4) is 0 Å². The molecule has 3 heteroatoms. The Morgan fingerprint density at radius 1 is 1.31 bits per heavy atom. The zero-order chi connectivity index (χ0) is 10.1. The molecular formula is C10H15BrO2. The average molecular weight is 247 g/mol. The minimum absolute atomic E-state index is 0.360. The standard InChI is InChI=1S/C10H15BrO2/c1-4-7-12-10(9(11)6-3)13-8-5-2/h4-6,10H,1-2,7-8H2,3H3/b9-6-. The van der Waals surface area contributed by atoms with Crippen molar-refractivity contribution in [3.05, 3.63) is 35.9 Å². The summed E-state index contributed by atoms with van der Waals surface area (Å²) in [5.74, 6) is 0. The monoisotopic (exact) mass is 246 g/mol. The lowest BCUT2D eigenvalue weighted by Crippen LogP contribution is -2.17. The fraction of sp³-hybridized carbons (Fsp3) is 0.400. The summed E-state index contributed by atoms with van der Waals surface area (Å²) in [5, 5.41) is 0. The molecule has 0 aromatic carbocycles. The number of ether oxygens (including phenoxy) is 2. The van der Waals surface area contributed by atoms with Crippen molar-refractivity contribution in [2.45, 2.75) is 13.2 Å². The predicted octanol–water partition coefficient (Wildman–Crippen LogP) is 3.02. The van der Waals surface area contributed by atoms with E-state index in [4.69, 9.17) is 9.47 Å². The highest BCUT2D eigenvalue weighted by Gasteiger charge is 2.10. The molecule has 0 radical (unpaired) electrons. The van der Waals surface area contributed by atoms with Crippen LogP contribution in [0.15, 0.2) is 35.9 Å². The van der Waals surface area contributed by atoms with E-state index in [1.807, 2.05) is 13.0 Å². The van der Waals surface area contributed by atoms with Crippen LogP contribution in [-0.4, -0.2) is 19.5 Å². The Morgan fingerprint density at radius 3 is 2.08 bits per heavy atom. The van der Waals surface area contributed by atoms with E-state index in [9.17, 15) is 0 Å². The van der Waals surface area contributed by atoms with Gasteiger partial charge in [0.1, 0.15) is 0 Å². The summed E-state index contributed by atoms with van der Waals surface area (Å²) >= 11 is 3.35. The molecule has 0 bridgehead atoms. The zero-order valence-corrected chi connectivity index (χ0v) is 9.42. The van der Waals surface area contributed by atoms with Crippen molar-refractivity contribution >= 4 is 15.9 Å². The molecule has 0 aliphatic rings. The number of halogens is 1. The third-order valence-electron chi connectivity index (χ3n) is 1.23. The maximum Gasteiger partial charge on any atom is 0.190 e. The lowest BCUT2D eigenvalue weighted by Gasteiger charge is -2.16. The van der Waals surface area contributed by atoms with Gasteiger partial charge >= 0.3 is 0 Å². The fourth-order valence-electron chi connectivity index (χ4n) is 0.654. The van der Waals surface area contributed by atoms with Gasteiger partial charge in [0.25, 0.3) is 0 Å². The van der Waals surface area contributed by atoms with Gasteiger partial charge in [-0.3, -0.25) is 0 Å². The van der Waals surface area contributed by atoms with Gasteiger partial charge in [-0.2, -0.15) is 0 Å². The van der Waals surface area contributed by atoms with Gasteiger partial charge in [0, 0.05) is 4.48 Å². The smallest absolute Gasteiger partial charge is 0.190 e. The molecule has 0 aliphatic heterocycles. The second-order valence-corrected chi connectivity index (χ2v) is 3.17. The molecule has 0 aliphatic carbocycles. The molecule has 0 spiro atoms. The number of hydrogen-bond donors (Lipinski definition) is 0. The number of rotatable bonds is 7. The first-order chi connectivity index (χ1) is 6.26. The van der Waals surface area contributed by atoms with Crippen LogP contribution in [0.4, 0.5) is 0 Å². The van der Waals surface area contributed by atoms with Crippen LogP contribution in [0.5, 0.6) is 0 Å². The summed E-state index contributed by atoms with van der Waals surface area (Å²) in [6.45, 7) is 9.96. The molecule has 0 amide bonds. The predicted molar refractivity (Wildman–Crippen MR) is 58.8 cm³/mol. The first kappa shape index (κ1) is 12.6. The average Bonchev–Trinajstić information content (AvgIpc) is 2.17. The van der Waals surface area contributed by atoms with E-state index >= 15 is 0 Å². The first-order valence-electron chi connectivity index (χ1n) is 4.03. The van der Waals surface area contributed by atoms with E-state index in [-0.39, 0.29) is 6.29 Å². The summed E-state index contributed by atoms with van der Waals surface area (Å²) in [6, 6.07) is 0. The van der Waals surface area contributed by atoms with Crippen molar-refractivity contribution in [3.63, 3.8) is 0 Å². The minimum atomic E-state index is -0.360. The number of allylic oxidation sites excluding steroid dienone is 1. The van der Waals surface area contributed by atoms with Crippen LogP contribution in [0.25, 0.3) is 0 Å². The Hall–Kier alpha value is -0.380. The fourth-order valence-corrected chi connectivity index (χ4v) is 0.919. The molecule has 13 heavy (non-hydrogen) atoms. The molecule has 0 aromatic rings. The molecule has 0 atom stereocenters. The van der Waals surface area contributed by atoms with E-state index in [1.165, 1.54) is 0 Å². The molecule has 0 aromatic heterocycles. The maximum absolute atomic E-state index is 5.34. The molecule has 0 saturated heterocycles. The van der Waals surface area contributed by atoms with Crippen LogP contribution in [0.2, 0.25) is 0 Å². The third kappa shape index (κ3) is 5.80. The second-order valence-electron chi connectivity index (χ2n) is 2.25. The van der Waals surface area contributed by atoms with Gasteiger partial charge in [-0.25, -0.2) is 0 Å². The van der Waals surface area contributed by atoms with E-state index in [1.54, 1.807) is 12.2 Å². The summed E-state index contributed by atoms with van der Waals surface area (Å²) in [4.78, 5) is 0. The molecule has 0 unspecified atom stereocenters. The van der Waals surface area contributed by atoms with Gasteiger partial charge in [0.15, 0.2) is 6.29 Å². The van der Waals surface area contributed by atoms with E-state index in [0.717, 1.165) is 4.48 Å². The number of hydrogen-bond acceptors (Lipinski definition) is 2. The van der Waals surface area contributed by atoms with Crippen molar-refractivity contribution in [3.8, 4) is 0 Å². The van der Waals surface area contributed by atoms with Crippen molar-refractivity contribution in [2.24, 2.45) is 0 Å². The van der Waals surface area contributed by atoms with Crippen LogP contribution < -0.4 is 0 Å². The van der Waals surface area contributed by atoms with E-state index < -0.39 is 0 Å². The van der Waals surface area contributed by atoms with Crippen LogP contribution >= 0.6 is 15.9 Å². The van der Waals surface area contributed by atoms with Crippen LogP contribution in [0, 0.1) is 0 Å². The maximum atomic E-state index is 5.34. The topological polar surface area (TPSA) is 18.5 Å². The van der Waals surface area contributed by atoms with E-state index in [2.05, 4.69) is 29.1 Å². The highest BCUT2D eigenvalue weighted by atomic mass is 79.9. The molecule has 0 saturated carbocycles. The highest BCUT2D eigenvalue weighted by Crippen LogP contribution is 2.15. The molecule has 2 nitrogen and oxygen atoms in total. The van der Waals surface area contributed by atoms with Gasteiger partial charge in [-0.15, -0.1) is 13.2 Å². The van der Waals surface area contributed by atoms with Gasteiger partial charge in [0.2, 0.25) is 0 Å².